The highest BCUT2D eigenvalue weighted by Crippen LogP contribution is 2.29. The Hall–Kier alpha value is -1.68. The lowest BCUT2D eigenvalue weighted by molar-refractivity contribution is -0.00258. The van der Waals surface area contributed by atoms with Crippen LogP contribution in [-0.4, -0.2) is 47.2 Å². The number of aryl methyl sites for hydroxylation is 1. The molecule has 0 saturated carbocycles. The number of nitrogen functional groups attached to an aromatic ring is 1. The van der Waals surface area contributed by atoms with Gasteiger partial charge in [0, 0.05) is 38.1 Å². The fraction of sp³-hybridized carbons (Fsp3) is 0.385. The van der Waals surface area contributed by atoms with E-state index in [0.29, 0.717) is 0 Å². The number of halogens is 1. The number of nitrogens with zero attached hydrogens (tertiary/aromatic N) is 4. The lowest BCUT2D eigenvalue weighted by Gasteiger charge is -2.31. The minimum Gasteiger partial charge on any atom is -0.383 e. The molecule has 3 heterocycles. The minimum atomic E-state index is -3.80. The van der Waals surface area contributed by atoms with Crippen LogP contribution >= 0.6 is 11.6 Å². The van der Waals surface area contributed by atoms with E-state index in [4.69, 9.17) is 22.1 Å². The van der Waals surface area contributed by atoms with E-state index in [-0.39, 0.29) is 41.5 Å². The molecule has 2 N–H and O–H groups in total. The molecule has 1 unspecified atom stereocenters. The second-order valence-electron chi connectivity index (χ2n) is 5.21. The predicted octanol–water partition coefficient (Wildman–Crippen LogP) is 0.813. The molecular weight excluding hydrogens is 342 g/mol. The zero-order chi connectivity index (χ0) is 16.6. The molecule has 1 saturated heterocycles. The van der Waals surface area contributed by atoms with E-state index in [1.165, 1.54) is 16.6 Å². The van der Waals surface area contributed by atoms with E-state index in [0.717, 1.165) is 5.56 Å². The Morgan fingerprint density at radius 3 is 2.91 bits per heavy atom. The third-order valence-electron chi connectivity index (χ3n) is 3.59. The first-order valence-electron chi connectivity index (χ1n) is 6.89. The normalized spacial score (nSPS) is 19.8. The minimum absolute atomic E-state index is 0.0705. The molecule has 23 heavy (non-hydrogen) atoms. The summed E-state index contributed by atoms with van der Waals surface area (Å²) in [6, 6.07) is 1.31. The third kappa shape index (κ3) is 3.18. The van der Waals surface area contributed by atoms with Gasteiger partial charge in [0.05, 0.1) is 23.9 Å². The van der Waals surface area contributed by atoms with E-state index < -0.39 is 10.0 Å². The van der Waals surface area contributed by atoms with Crippen molar-refractivity contribution in [1.82, 2.24) is 19.1 Å². The van der Waals surface area contributed by atoms with Crippen LogP contribution in [0.4, 0.5) is 5.82 Å². The van der Waals surface area contributed by atoms with Crippen LogP contribution in [0.25, 0.3) is 0 Å². The molecule has 124 valence electrons. The van der Waals surface area contributed by atoms with E-state index in [1.54, 1.807) is 24.1 Å². The van der Waals surface area contributed by atoms with E-state index in [9.17, 15) is 8.42 Å². The molecule has 2 aromatic rings. The van der Waals surface area contributed by atoms with E-state index >= 15 is 0 Å². The average Bonchev–Trinajstić information content (AvgIpc) is 2.96. The molecular formula is C13H16ClN5O3S. The van der Waals surface area contributed by atoms with Crippen molar-refractivity contribution in [2.24, 2.45) is 7.05 Å². The van der Waals surface area contributed by atoms with Gasteiger partial charge < -0.3 is 10.5 Å². The van der Waals surface area contributed by atoms with Crippen molar-refractivity contribution in [2.45, 2.75) is 11.0 Å². The highest BCUT2D eigenvalue weighted by molar-refractivity contribution is 7.89. The Morgan fingerprint density at radius 2 is 2.22 bits per heavy atom. The molecule has 0 amide bonds. The van der Waals surface area contributed by atoms with Crippen molar-refractivity contribution in [1.29, 1.82) is 0 Å². The van der Waals surface area contributed by atoms with Crippen molar-refractivity contribution < 1.29 is 13.2 Å². The molecule has 1 aliphatic heterocycles. The first-order chi connectivity index (χ1) is 10.9. The number of nitrogens with two attached hydrogens (primary N) is 1. The molecule has 0 aliphatic carbocycles. The second-order valence-corrected chi connectivity index (χ2v) is 7.55. The second kappa shape index (κ2) is 6.08. The zero-order valence-electron chi connectivity index (χ0n) is 12.4. The number of hydrogen-bond acceptors (Lipinski definition) is 6. The summed E-state index contributed by atoms with van der Waals surface area (Å²) in [5.74, 6) is -0.0705. The van der Waals surface area contributed by atoms with Gasteiger partial charge in [-0.15, -0.1) is 0 Å². The monoisotopic (exact) mass is 357 g/mol. The largest absolute Gasteiger partial charge is 0.383 e. The molecule has 0 aromatic carbocycles. The number of ether oxygens (including phenoxy) is 1. The summed E-state index contributed by atoms with van der Waals surface area (Å²) in [6.07, 6.45) is 4.40. The Morgan fingerprint density at radius 1 is 1.43 bits per heavy atom. The standard InChI is InChI=1S/C13H16ClN5O3S/c1-18-7-9(5-17-18)11-8-19(2-3-22-11)23(20,21)12-4-10(14)6-16-13(12)15/h4-7,11H,2-3,8H2,1H3,(H2,15,16). The molecule has 0 radical (unpaired) electrons. The van der Waals surface area contributed by atoms with Gasteiger partial charge in [-0.2, -0.15) is 9.40 Å². The lowest BCUT2D eigenvalue weighted by Crippen LogP contribution is -2.42. The van der Waals surface area contributed by atoms with Crippen molar-refractivity contribution in [3.63, 3.8) is 0 Å². The highest BCUT2D eigenvalue weighted by atomic mass is 35.5. The molecule has 0 bridgehead atoms. The van der Waals surface area contributed by atoms with Crippen LogP contribution < -0.4 is 5.73 Å². The molecule has 8 nitrogen and oxygen atoms in total. The number of anilines is 1. The SMILES string of the molecule is Cn1cc(C2CN(S(=O)(=O)c3cc(Cl)cnc3N)CCO2)cn1. The van der Waals surface area contributed by atoms with Crippen LogP contribution in [-0.2, 0) is 21.8 Å². The summed E-state index contributed by atoms with van der Waals surface area (Å²) >= 11 is 5.85. The van der Waals surface area contributed by atoms with Crippen LogP contribution in [0.15, 0.2) is 29.6 Å². The van der Waals surface area contributed by atoms with Crippen molar-refractivity contribution >= 4 is 27.4 Å². The van der Waals surface area contributed by atoms with Gasteiger partial charge in [-0.1, -0.05) is 11.6 Å². The van der Waals surface area contributed by atoms with Gasteiger partial charge in [0.15, 0.2) is 0 Å². The Kier molecular flexibility index (Phi) is 4.28. The summed E-state index contributed by atoms with van der Waals surface area (Å²) in [5.41, 5.74) is 6.53. The summed E-state index contributed by atoms with van der Waals surface area (Å²) in [4.78, 5) is 3.73. The van der Waals surface area contributed by atoms with E-state index in [2.05, 4.69) is 10.1 Å². The zero-order valence-corrected chi connectivity index (χ0v) is 14.0. The van der Waals surface area contributed by atoms with Gasteiger partial charge in [-0.25, -0.2) is 13.4 Å². The number of morpholine rings is 1. The van der Waals surface area contributed by atoms with Crippen LogP contribution in [0.2, 0.25) is 5.02 Å². The Bertz CT molecular complexity index is 823. The van der Waals surface area contributed by atoms with Crippen molar-refractivity contribution in [2.75, 3.05) is 25.4 Å². The van der Waals surface area contributed by atoms with Gasteiger partial charge >= 0.3 is 0 Å². The molecule has 1 atom stereocenters. The Balaban J connectivity index is 1.89. The van der Waals surface area contributed by atoms with Gasteiger partial charge in [-0.3, -0.25) is 4.68 Å². The highest BCUT2D eigenvalue weighted by Gasteiger charge is 2.33. The lowest BCUT2D eigenvalue weighted by atomic mass is 10.2. The number of pyridine rings is 1. The molecule has 1 aliphatic rings. The molecule has 2 aromatic heterocycles. The van der Waals surface area contributed by atoms with Gasteiger partial charge in [0.25, 0.3) is 0 Å². The topological polar surface area (TPSA) is 103 Å². The molecule has 1 fully saturated rings. The molecule has 10 heteroatoms. The molecule has 3 rings (SSSR count). The number of sulfonamides is 1. The maximum atomic E-state index is 12.8. The predicted molar refractivity (Wildman–Crippen MR) is 84.3 cm³/mol. The number of aromatic nitrogens is 3. The smallest absolute Gasteiger partial charge is 0.246 e. The van der Waals surface area contributed by atoms with Crippen molar-refractivity contribution in [3.8, 4) is 0 Å². The number of hydrogen-bond donors (Lipinski definition) is 1. The quantitative estimate of drug-likeness (QED) is 0.872. The summed E-state index contributed by atoms with van der Waals surface area (Å²) in [6.45, 7) is 0.706. The van der Waals surface area contributed by atoms with Crippen molar-refractivity contribution in [3.05, 3.63) is 35.2 Å². The summed E-state index contributed by atoms with van der Waals surface area (Å²) in [5, 5.41) is 4.30. The van der Waals surface area contributed by atoms with Gasteiger partial charge in [-0.05, 0) is 6.07 Å². The van der Waals surface area contributed by atoms with Gasteiger partial charge in [0.2, 0.25) is 10.0 Å². The summed E-state index contributed by atoms with van der Waals surface area (Å²) in [7, 11) is -2.00. The van der Waals surface area contributed by atoms with Crippen LogP contribution in [0.3, 0.4) is 0 Å². The first-order valence-corrected chi connectivity index (χ1v) is 8.71. The fourth-order valence-corrected chi connectivity index (χ4v) is 4.17. The van der Waals surface area contributed by atoms with E-state index in [1.807, 2.05) is 0 Å². The van der Waals surface area contributed by atoms with Crippen LogP contribution in [0.1, 0.15) is 11.7 Å². The number of rotatable bonds is 3. The van der Waals surface area contributed by atoms with Crippen LogP contribution in [0, 0.1) is 0 Å². The third-order valence-corrected chi connectivity index (χ3v) is 5.69. The Labute approximate surface area is 138 Å². The maximum absolute atomic E-state index is 12.8. The van der Waals surface area contributed by atoms with Crippen LogP contribution in [0.5, 0.6) is 0 Å². The first kappa shape index (κ1) is 16.2. The maximum Gasteiger partial charge on any atom is 0.246 e. The summed E-state index contributed by atoms with van der Waals surface area (Å²) < 4.78 is 34.3. The van der Waals surface area contributed by atoms with Gasteiger partial charge in [0.1, 0.15) is 10.7 Å². The molecule has 0 spiro atoms. The average molecular weight is 358 g/mol. The fourth-order valence-electron chi connectivity index (χ4n) is 2.43.